The SMILES string of the molecule is COCCNC(=O)c1ccccc1NC(=O)Cn1cnc2ccc(F)cc2c1=O. The first-order valence-corrected chi connectivity index (χ1v) is 8.80. The van der Waals surface area contributed by atoms with E-state index < -0.39 is 17.3 Å². The summed E-state index contributed by atoms with van der Waals surface area (Å²) < 4.78 is 19.4. The molecule has 1 heterocycles. The van der Waals surface area contributed by atoms with E-state index in [1.807, 2.05) is 0 Å². The number of ether oxygens (including phenoxy) is 1. The van der Waals surface area contributed by atoms with Gasteiger partial charge in [-0.15, -0.1) is 0 Å². The zero-order valence-corrected chi connectivity index (χ0v) is 15.6. The van der Waals surface area contributed by atoms with E-state index in [0.717, 1.165) is 10.6 Å². The van der Waals surface area contributed by atoms with Crippen molar-refractivity contribution in [2.24, 2.45) is 0 Å². The summed E-state index contributed by atoms with van der Waals surface area (Å²) in [6.45, 7) is 0.350. The number of para-hydroxylation sites is 1. The highest BCUT2D eigenvalue weighted by Crippen LogP contribution is 2.15. The van der Waals surface area contributed by atoms with E-state index in [2.05, 4.69) is 15.6 Å². The van der Waals surface area contributed by atoms with Gasteiger partial charge in [0.2, 0.25) is 5.91 Å². The minimum Gasteiger partial charge on any atom is -0.383 e. The van der Waals surface area contributed by atoms with Gasteiger partial charge in [-0.1, -0.05) is 12.1 Å². The molecular weight excluding hydrogens is 379 g/mol. The topological polar surface area (TPSA) is 102 Å². The van der Waals surface area contributed by atoms with Crippen LogP contribution in [0, 0.1) is 5.82 Å². The van der Waals surface area contributed by atoms with Crippen molar-refractivity contribution >= 4 is 28.4 Å². The van der Waals surface area contributed by atoms with Crippen molar-refractivity contribution < 1.29 is 18.7 Å². The van der Waals surface area contributed by atoms with Crippen LogP contribution in [0.5, 0.6) is 0 Å². The van der Waals surface area contributed by atoms with E-state index in [0.29, 0.717) is 24.4 Å². The number of anilines is 1. The summed E-state index contributed by atoms with van der Waals surface area (Å²) >= 11 is 0. The molecule has 0 aliphatic rings. The summed E-state index contributed by atoms with van der Waals surface area (Å²) in [5.41, 5.74) is 0.393. The third-order valence-corrected chi connectivity index (χ3v) is 4.14. The fraction of sp³-hybridized carbons (Fsp3) is 0.200. The lowest BCUT2D eigenvalue weighted by Gasteiger charge is -2.12. The van der Waals surface area contributed by atoms with E-state index >= 15 is 0 Å². The summed E-state index contributed by atoms with van der Waals surface area (Å²) in [5, 5.41) is 5.39. The zero-order chi connectivity index (χ0) is 20.8. The Morgan fingerprint density at radius 2 is 2.00 bits per heavy atom. The monoisotopic (exact) mass is 398 g/mol. The van der Waals surface area contributed by atoms with Crippen molar-refractivity contribution in [3.8, 4) is 0 Å². The van der Waals surface area contributed by atoms with E-state index in [4.69, 9.17) is 4.74 Å². The molecule has 0 spiro atoms. The Labute approximate surface area is 165 Å². The van der Waals surface area contributed by atoms with E-state index in [9.17, 15) is 18.8 Å². The van der Waals surface area contributed by atoms with Gasteiger partial charge in [-0.2, -0.15) is 0 Å². The number of nitrogens with one attached hydrogen (secondary N) is 2. The molecule has 0 bridgehead atoms. The highest BCUT2D eigenvalue weighted by atomic mass is 19.1. The van der Waals surface area contributed by atoms with Crippen LogP contribution in [-0.4, -0.2) is 41.6 Å². The third-order valence-electron chi connectivity index (χ3n) is 4.14. The van der Waals surface area contributed by atoms with Gasteiger partial charge in [0, 0.05) is 13.7 Å². The van der Waals surface area contributed by atoms with Gasteiger partial charge < -0.3 is 15.4 Å². The second kappa shape index (κ2) is 9.07. The minimum atomic E-state index is -0.563. The lowest BCUT2D eigenvalue weighted by atomic mass is 10.1. The van der Waals surface area contributed by atoms with Crippen molar-refractivity contribution in [2.75, 3.05) is 25.6 Å². The van der Waals surface area contributed by atoms with Gasteiger partial charge >= 0.3 is 0 Å². The van der Waals surface area contributed by atoms with E-state index in [-0.39, 0.29) is 23.4 Å². The first-order valence-electron chi connectivity index (χ1n) is 8.80. The Morgan fingerprint density at radius 1 is 1.21 bits per heavy atom. The molecule has 0 aliphatic carbocycles. The van der Waals surface area contributed by atoms with Crippen LogP contribution >= 0.6 is 0 Å². The molecule has 0 fully saturated rings. The number of amides is 2. The molecule has 3 aromatic rings. The van der Waals surface area contributed by atoms with Crippen LogP contribution in [0.4, 0.5) is 10.1 Å². The largest absolute Gasteiger partial charge is 0.383 e. The molecule has 0 saturated heterocycles. The minimum absolute atomic E-state index is 0.0817. The highest BCUT2D eigenvalue weighted by molar-refractivity contribution is 6.03. The van der Waals surface area contributed by atoms with Gasteiger partial charge in [0.1, 0.15) is 12.4 Å². The second-order valence-corrected chi connectivity index (χ2v) is 6.18. The molecule has 0 atom stereocenters. The Hall–Kier alpha value is -3.59. The lowest BCUT2D eigenvalue weighted by molar-refractivity contribution is -0.116. The molecule has 2 amide bonds. The molecule has 29 heavy (non-hydrogen) atoms. The summed E-state index contributed by atoms with van der Waals surface area (Å²) in [7, 11) is 1.53. The van der Waals surface area contributed by atoms with Crippen molar-refractivity contribution in [2.45, 2.75) is 6.54 Å². The van der Waals surface area contributed by atoms with Crippen molar-refractivity contribution in [1.82, 2.24) is 14.9 Å². The summed E-state index contributed by atoms with van der Waals surface area (Å²) in [5.74, 6) is -1.45. The summed E-state index contributed by atoms with van der Waals surface area (Å²) in [6.07, 6.45) is 1.23. The van der Waals surface area contributed by atoms with Crippen LogP contribution in [0.3, 0.4) is 0 Å². The number of fused-ring (bicyclic) bond motifs is 1. The molecule has 2 aromatic carbocycles. The van der Waals surface area contributed by atoms with E-state index in [1.165, 1.54) is 25.6 Å². The summed E-state index contributed by atoms with van der Waals surface area (Å²) in [4.78, 5) is 41.3. The van der Waals surface area contributed by atoms with Gasteiger partial charge in [0.05, 0.1) is 35.1 Å². The Bertz CT molecular complexity index is 1110. The predicted octanol–water partition coefficient (Wildman–Crippen LogP) is 1.55. The van der Waals surface area contributed by atoms with Crippen molar-refractivity contribution in [1.29, 1.82) is 0 Å². The van der Waals surface area contributed by atoms with Crippen LogP contribution in [-0.2, 0) is 16.1 Å². The van der Waals surface area contributed by atoms with Crippen LogP contribution in [0.15, 0.2) is 53.6 Å². The number of nitrogens with zero attached hydrogens (tertiary/aromatic N) is 2. The molecule has 0 aliphatic heterocycles. The number of carbonyl (C=O) groups is 2. The molecule has 0 saturated carbocycles. The van der Waals surface area contributed by atoms with E-state index in [1.54, 1.807) is 24.3 Å². The third kappa shape index (κ3) is 4.82. The normalized spacial score (nSPS) is 10.7. The lowest BCUT2D eigenvalue weighted by Crippen LogP contribution is -2.30. The predicted molar refractivity (Wildman–Crippen MR) is 105 cm³/mol. The van der Waals surface area contributed by atoms with Crippen LogP contribution < -0.4 is 16.2 Å². The molecule has 1 aromatic heterocycles. The molecule has 150 valence electrons. The number of methoxy groups -OCH3 is 1. The molecule has 9 heteroatoms. The number of hydrogen-bond acceptors (Lipinski definition) is 5. The van der Waals surface area contributed by atoms with Gasteiger partial charge in [-0.3, -0.25) is 19.0 Å². The summed E-state index contributed by atoms with van der Waals surface area (Å²) in [6, 6.07) is 10.2. The molecule has 0 radical (unpaired) electrons. The first kappa shape index (κ1) is 20.2. The fourth-order valence-electron chi connectivity index (χ4n) is 2.74. The number of carbonyl (C=O) groups excluding carboxylic acids is 2. The molecule has 0 unspecified atom stereocenters. The first-order chi connectivity index (χ1) is 14.0. The van der Waals surface area contributed by atoms with Gasteiger partial charge in [-0.25, -0.2) is 9.37 Å². The highest BCUT2D eigenvalue weighted by Gasteiger charge is 2.14. The van der Waals surface area contributed by atoms with Crippen LogP contribution in [0.25, 0.3) is 10.9 Å². The Morgan fingerprint density at radius 3 is 2.79 bits per heavy atom. The number of benzene rings is 2. The van der Waals surface area contributed by atoms with Gasteiger partial charge in [0.15, 0.2) is 0 Å². The zero-order valence-electron chi connectivity index (χ0n) is 15.6. The van der Waals surface area contributed by atoms with Crippen LogP contribution in [0.1, 0.15) is 10.4 Å². The smallest absolute Gasteiger partial charge is 0.261 e. The number of rotatable bonds is 7. The number of hydrogen-bond donors (Lipinski definition) is 2. The maximum atomic E-state index is 13.4. The molecule has 3 rings (SSSR count). The number of halogens is 1. The second-order valence-electron chi connectivity index (χ2n) is 6.18. The van der Waals surface area contributed by atoms with Gasteiger partial charge in [-0.05, 0) is 30.3 Å². The van der Waals surface area contributed by atoms with Gasteiger partial charge in [0.25, 0.3) is 11.5 Å². The standard InChI is InChI=1S/C20H19FN4O4/c1-29-9-8-22-19(27)14-4-2-3-5-17(14)24-18(26)11-25-12-23-16-7-6-13(21)10-15(16)20(25)28/h2-7,10,12H,8-9,11H2,1H3,(H,22,27)(H,24,26). The Kier molecular flexibility index (Phi) is 6.30. The quantitative estimate of drug-likeness (QED) is 0.588. The maximum absolute atomic E-state index is 13.4. The number of aromatic nitrogens is 2. The molecule has 2 N–H and O–H groups in total. The maximum Gasteiger partial charge on any atom is 0.261 e. The van der Waals surface area contributed by atoms with Crippen molar-refractivity contribution in [3.63, 3.8) is 0 Å². The average molecular weight is 398 g/mol. The Balaban J connectivity index is 1.77. The molecular formula is C20H19FN4O4. The average Bonchev–Trinajstić information content (AvgIpc) is 2.71. The van der Waals surface area contributed by atoms with Crippen LogP contribution in [0.2, 0.25) is 0 Å². The van der Waals surface area contributed by atoms with Crippen molar-refractivity contribution in [3.05, 3.63) is 70.5 Å². The molecule has 8 nitrogen and oxygen atoms in total. The fourth-order valence-corrected chi connectivity index (χ4v) is 2.74.